The molecule has 30 heavy (non-hydrogen) atoms. The van der Waals surface area contributed by atoms with Crippen LogP contribution in [0.4, 0.5) is 0 Å². The van der Waals surface area contributed by atoms with E-state index in [0.29, 0.717) is 6.54 Å². The number of piperidine rings is 1. The van der Waals surface area contributed by atoms with Gasteiger partial charge in [-0.15, -0.1) is 24.0 Å². The summed E-state index contributed by atoms with van der Waals surface area (Å²) in [6.45, 7) is 13.1. The third-order valence-corrected chi connectivity index (χ3v) is 5.49. The first-order chi connectivity index (χ1) is 13.9. The number of aliphatic hydroxyl groups is 1. The Kier molecular flexibility index (Phi) is 12.9. The third kappa shape index (κ3) is 9.49. The minimum atomic E-state index is -0.597. The van der Waals surface area contributed by atoms with Gasteiger partial charge in [-0.05, 0) is 59.2 Å². The molecule has 6 nitrogen and oxygen atoms in total. The zero-order chi connectivity index (χ0) is 21.1. The van der Waals surface area contributed by atoms with Crippen molar-refractivity contribution in [2.24, 2.45) is 4.99 Å². The lowest BCUT2D eigenvalue weighted by atomic mass is 9.99. The molecule has 0 spiro atoms. The van der Waals surface area contributed by atoms with Crippen LogP contribution >= 0.6 is 24.0 Å². The molecule has 3 N–H and O–H groups in total. The van der Waals surface area contributed by atoms with Crippen LogP contribution in [0.2, 0.25) is 0 Å². The van der Waals surface area contributed by atoms with Gasteiger partial charge in [0.2, 0.25) is 0 Å². The maximum Gasteiger partial charge on any atom is 0.191 e. The van der Waals surface area contributed by atoms with Crippen LogP contribution in [0.25, 0.3) is 0 Å². The summed E-state index contributed by atoms with van der Waals surface area (Å²) in [5.41, 5.74) is 1.15. The molecule has 1 heterocycles. The maximum absolute atomic E-state index is 10.3. The minimum absolute atomic E-state index is 0. The fraction of sp³-hybridized carbons (Fsp3) is 0.696. The lowest BCUT2D eigenvalue weighted by Crippen LogP contribution is -2.50. The van der Waals surface area contributed by atoms with Gasteiger partial charge in [0.25, 0.3) is 0 Å². The Hall–Kier alpha value is -0.900. The second-order valence-electron chi connectivity index (χ2n) is 8.48. The Labute approximate surface area is 199 Å². The Balaban J connectivity index is 0.00000450. The van der Waals surface area contributed by atoms with Crippen molar-refractivity contribution in [2.75, 3.05) is 39.3 Å². The SMILES string of the molecule is CCNC(=NCC(C)(C)N1CCCCC1)NCC(O)COC(C)c1ccccc1.I. The first-order valence-corrected chi connectivity index (χ1v) is 11.0. The van der Waals surface area contributed by atoms with Crippen molar-refractivity contribution in [3.05, 3.63) is 35.9 Å². The molecule has 0 aliphatic carbocycles. The van der Waals surface area contributed by atoms with Crippen LogP contribution in [0.3, 0.4) is 0 Å². The highest BCUT2D eigenvalue weighted by Crippen LogP contribution is 2.20. The highest BCUT2D eigenvalue weighted by molar-refractivity contribution is 14.0. The van der Waals surface area contributed by atoms with Crippen LogP contribution < -0.4 is 10.6 Å². The first kappa shape index (κ1) is 27.1. The molecule has 172 valence electrons. The topological polar surface area (TPSA) is 69.1 Å². The quantitative estimate of drug-likeness (QED) is 0.244. The summed E-state index contributed by atoms with van der Waals surface area (Å²) < 4.78 is 5.82. The highest BCUT2D eigenvalue weighted by Gasteiger charge is 2.27. The van der Waals surface area contributed by atoms with E-state index < -0.39 is 6.10 Å². The lowest BCUT2D eigenvalue weighted by molar-refractivity contribution is -0.000607. The standard InChI is InChI=1S/C23H40N4O2.HI/c1-5-24-22(26-18-23(3,4)27-14-10-7-11-15-27)25-16-21(28)17-29-19(2)20-12-8-6-9-13-20;/h6,8-9,12-13,19,21,28H,5,7,10-11,14-18H2,1-4H3,(H2,24,25,26);1H. The van der Waals surface area contributed by atoms with Crippen molar-refractivity contribution in [1.29, 1.82) is 0 Å². The fourth-order valence-corrected chi connectivity index (χ4v) is 3.56. The van der Waals surface area contributed by atoms with E-state index >= 15 is 0 Å². The molecule has 0 radical (unpaired) electrons. The van der Waals surface area contributed by atoms with E-state index in [4.69, 9.17) is 9.73 Å². The Morgan fingerprint density at radius 1 is 1.17 bits per heavy atom. The average Bonchev–Trinajstić information content (AvgIpc) is 2.75. The number of aliphatic imine (C=N–C) groups is 1. The molecule has 0 amide bonds. The van der Waals surface area contributed by atoms with Crippen molar-refractivity contribution < 1.29 is 9.84 Å². The summed E-state index contributed by atoms with van der Waals surface area (Å²) in [5.74, 6) is 0.743. The van der Waals surface area contributed by atoms with Gasteiger partial charge in [-0.25, -0.2) is 0 Å². The highest BCUT2D eigenvalue weighted by atomic mass is 127. The van der Waals surface area contributed by atoms with E-state index in [1.165, 1.54) is 19.3 Å². The van der Waals surface area contributed by atoms with Crippen molar-refractivity contribution in [1.82, 2.24) is 15.5 Å². The lowest BCUT2D eigenvalue weighted by Gasteiger charge is -2.40. The Morgan fingerprint density at radius 3 is 2.47 bits per heavy atom. The third-order valence-electron chi connectivity index (χ3n) is 5.49. The number of nitrogens with zero attached hydrogens (tertiary/aromatic N) is 2. The molecule has 1 aliphatic heterocycles. The van der Waals surface area contributed by atoms with E-state index in [9.17, 15) is 5.11 Å². The van der Waals surface area contributed by atoms with Crippen LogP contribution in [-0.4, -0.2) is 66.9 Å². The van der Waals surface area contributed by atoms with Gasteiger partial charge in [0, 0.05) is 18.6 Å². The summed E-state index contributed by atoms with van der Waals surface area (Å²) in [6.07, 6.45) is 3.25. The molecule has 1 aromatic carbocycles. The normalized spacial score (nSPS) is 17.7. The fourth-order valence-electron chi connectivity index (χ4n) is 3.56. The van der Waals surface area contributed by atoms with Gasteiger partial charge in [-0.3, -0.25) is 9.89 Å². The summed E-state index contributed by atoms with van der Waals surface area (Å²) in [4.78, 5) is 7.31. The number of likely N-dealkylation sites (tertiary alicyclic amines) is 1. The van der Waals surface area contributed by atoms with Crippen LogP contribution in [0, 0.1) is 0 Å². The zero-order valence-corrected chi connectivity index (χ0v) is 21.4. The summed E-state index contributed by atoms with van der Waals surface area (Å²) in [6, 6.07) is 10.1. The number of benzene rings is 1. The molecule has 2 unspecified atom stereocenters. The predicted octanol–water partition coefficient (Wildman–Crippen LogP) is 3.56. The summed E-state index contributed by atoms with van der Waals surface area (Å²) in [7, 11) is 0. The van der Waals surface area contributed by atoms with E-state index in [0.717, 1.165) is 37.7 Å². The molecular weight excluding hydrogens is 491 g/mol. The first-order valence-electron chi connectivity index (χ1n) is 11.0. The number of hydrogen-bond acceptors (Lipinski definition) is 4. The molecule has 1 fully saturated rings. The van der Waals surface area contributed by atoms with Gasteiger partial charge in [-0.1, -0.05) is 36.8 Å². The van der Waals surface area contributed by atoms with Gasteiger partial charge in [-0.2, -0.15) is 0 Å². The number of hydrogen-bond donors (Lipinski definition) is 3. The predicted molar refractivity (Wildman–Crippen MR) is 136 cm³/mol. The summed E-state index contributed by atoms with van der Waals surface area (Å²) in [5, 5.41) is 16.8. The number of aliphatic hydroxyl groups excluding tert-OH is 1. The summed E-state index contributed by atoms with van der Waals surface area (Å²) >= 11 is 0. The second kappa shape index (κ2) is 14.2. The van der Waals surface area contributed by atoms with Crippen molar-refractivity contribution >= 4 is 29.9 Å². The maximum atomic E-state index is 10.3. The molecule has 0 aromatic heterocycles. The Bertz CT molecular complexity index is 606. The van der Waals surface area contributed by atoms with Crippen LogP contribution in [0.1, 0.15) is 58.6 Å². The number of rotatable bonds is 10. The minimum Gasteiger partial charge on any atom is -0.389 e. The van der Waals surface area contributed by atoms with Gasteiger partial charge in [0.05, 0.1) is 25.4 Å². The van der Waals surface area contributed by atoms with Crippen molar-refractivity contribution in [3.63, 3.8) is 0 Å². The molecule has 2 rings (SSSR count). The number of guanidine groups is 1. The van der Waals surface area contributed by atoms with E-state index in [1.807, 2.05) is 44.2 Å². The molecule has 7 heteroatoms. The van der Waals surface area contributed by atoms with Gasteiger partial charge < -0.3 is 20.5 Å². The zero-order valence-electron chi connectivity index (χ0n) is 19.1. The largest absolute Gasteiger partial charge is 0.389 e. The Morgan fingerprint density at radius 2 is 1.83 bits per heavy atom. The molecular formula is C23H41IN4O2. The van der Waals surface area contributed by atoms with Gasteiger partial charge >= 0.3 is 0 Å². The van der Waals surface area contributed by atoms with E-state index in [2.05, 4.69) is 29.4 Å². The monoisotopic (exact) mass is 532 g/mol. The van der Waals surface area contributed by atoms with Crippen molar-refractivity contribution in [2.45, 2.75) is 64.7 Å². The molecule has 1 saturated heterocycles. The number of halogens is 1. The van der Waals surface area contributed by atoms with Gasteiger partial charge in [0.1, 0.15) is 0 Å². The van der Waals surface area contributed by atoms with Gasteiger partial charge in [0.15, 0.2) is 5.96 Å². The van der Waals surface area contributed by atoms with E-state index in [1.54, 1.807) is 0 Å². The number of nitrogens with one attached hydrogen (secondary N) is 2. The molecule has 2 atom stereocenters. The molecule has 0 bridgehead atoms. The van der Waals surface area contributed by atoms with Crippen LogP contribution in [0.15, 0.2) is 35.3 Å². The number of ether oxygens (including phenoxy) is 1. The smallest absolute Gasteiger partial charge is 0.191 e. The molecule has 0 saturated carbocycles. The van der Waals surface area contributed by atoms with Crippen LogP contribution in [-0.2, 0) is 4.74 Å². The van der Waals surface area contributed by atoms with Crippen LogP contribution in [0.5, 0.6) is 0 Å². The second-order valence-corrected chi connectivity index (χ2v) is 8.48. The van der Waals surface area contributed by atoms with Crippen molar-refractivity contribution in [3.8, 4) is 0 Å². The molecule has 1 aliphatic rings. The van der Waals surface area contributed by atoms with E-state index in [-0.39, 0.29) is 42.2 Å². The molecule has 1 aromatic rings. The average molecular weight is 533 g/mol.